The second kappa shape index (κ2) is 9.43. The molecule has 0 unspecified atom stereocenters. The lowest BCUT2D eigenvalue weighted by atomic mass is 10.2. The van der Waals surface area contributed by atoms with Crippen LogP contribution in [0.5, 0.6) is 5.75 Å². The Balaban J connectivity index is 2.41. The number of rotatable bonds is 6. The van der Waals surface area contributed by atoms with Crippen molar-refractivity contribution in [3.63, 3.8) is 0 Å². The zero-order chi connectivity index (χ0) is 18.4. The van der Waals surface area contributed by atoms with Crippen LogP contribution in [0.1, 0.15) is 15.9 Å². The minimum absolute atomic E-state index is 0.397. The van der Waals surface area contributed by atoms with Gasteiger partial charge in [0.2, 0.25) is 0 Å². The lowest BCUT2D eigenvalue weighted by Crippen LogP contribution is -2.06. The van der Waals surface area contributed by atoms with Gasteiger partial charge in [0.1, 0.15) is 5.75 Å². The zero-order valence-electron chi connectivity index (χ0n) is 13.8. The molecule has 0 fully saturated rings. The van der Waals surface area contributed by atoms with Gasteiger partial charge in [0.25, 0.3) is 0 Å². The first-order valence-electron chi connectivity index (χ1n) is 7.14. The van der Waals surface area contributed by atoms with E-state index in [1.807, 2.05) is 12.5 Å². The van der Waals surface area contributed by atoms with Crippen molar-refractivity contribution in [2.24, 2.45) is 0 Å². The number of hydrogen-bond acceptors (Lipinski definition) is 5. The van der Waals surface area contributed by atoms with Crippen molar-refractivity contribution < 1.29 is 14.3 Å². The normalized spacial score (nSPS) is 10.3. The van der Waals surface area contributed by atoms with Crippen molar-refractivity contribution in [2.45, 2.75) is 0 Å². The fraction of sp³-hybridized carbons (Fsp3) is 0.167. The van der Waals surface area contributed by atoms with Crippen LogP contribution in [0, 0.1) is 0 Å². The van der Waals surface area contributed by atoms with E-state index in [1.165, 1.54) is 23.5 Å². The molecule has 0 N–H and O–H groups in total. The molecule has 0 aliphatic carbocycles. The molecule has 0 saturated carbocycles. The summed E-state index contributed by atoms with van der Waals surface area (Å²) in [6.07, 6.45) is 3.82. The molecule has 0 heterocycles. The SMILES string of the molecule is COc1ccc(C(=O)OC(=C(SC)SC)c2cc(Cl)ccc2Cl)cc1. The molecule has 0 radical (unpaired) electrons. The van der Waals surface area contributed by atoms with Crippen molar-refractivity contribution in [2.75, 3.05) is 19.6 Å². The number of carbonyl (C=O) groups excluding carboxylic acids is 1. The highest BCUT2D eigenvalue weighted by Crippen LogP contribution is 2.38. The summed E-state index contributed by atoms with van der Waals surface area (Å²) in [5.74, 6) is 0.585. The predicted molar refractivity (Wildman–Crippen MR) is 109 cm³/mol. The predicted octanol–water partition coefficient (Wildman–Crippen LogP) is 6.21. The summed E-state index contributed by atoms with van der Waals surface area (Å²) in [6.45, 7) is 0. The van der Waals surface area contributed by atoms with Gasteiger partial charge in [0, 0.05) is 10.6 Å². The maximum absolute atomic E-state index is 12.6. The summed E-state index contributed by atoms with van der Waals surface area (Å²) in [5, 5.41) is 0.974. The number of methoxy groups -OCH3 is 1. The number of esters is 1. The number of carbonyl (C=O) groups is 1. The first kappa shape index (κ1) is 20.0. The van der Waals surface area contributed by atoms with Crippen LogP contribution in [-0.4, -0.2) is 25.6 Å². The first-order valence-corrected chi connectivity index (χ1v) is 10.3. The molecular formula is C18H16Cl2O3S2. The number of halogens is 2. The summed E-state index contributed by atoms with van der Waals surface area (Å²) >= 11 is 15.3. The van der Waals surface area contributed by atoms with E-state index in [0.717, 1.165) is 4.24 Å². The maximum atomic E-state index is 12.6. The van der Waals surface area contributed by atoms with Crippen LogP contribution in [-0.2, 0) is 4.74 Å². The smallest absolute Gasteiger partial charge is 0.343 e. The highest BCUT2D eigenvalue weighted by molar-refractivity contribution is 8.21. The van der Waals surface area contributed by atoms with Crippen LogP contribution in [0.25, 0.3) is 5.76 Å². The third-order valence-electron chi connectivity index (χ3n) is 3.25. The lowest BCUT2D eigenvalue weighted by molar-refractivity contribution is 0.0692. The van der Waals surface area contributed by atoms with Gasteiger partial charge >= 0.3 is 5.97 Å². The van der Waals surface area contributed by atoms with Gasteiger partial charge in [-0.1, -0.05) is 23.2 Å². The summed E-state index contributed by atoms with van der Waals surface area (Å²) in [7, 11) is 1.57. The Labute approximate surface area is 165 Å². The van der Waals surface area contributed by atoms with Crippen molar-refractivity contribution in [1.82, 2.24) is 0 Å². The maximum Gasteiger partial charge on any atom is 0.343 e. The summed E-state index contributed by atoms with van der Waals surface area (Å²) < 4.78 is 11.6. The Hall–Kier alpha value is -1.27. The Morgan fingerprint density at radius 2 is 1.64 bits per heavy atom. The third-order valence-corrected chi connectivity index (χ3v) is 5.93. The van der Waals surface area contributed by atoms with Crippen LogP contribution >= 0.6 is 46.7 Å². The minimum atomic E-state index is -0.478. The molecule has 0 bridgehead atoms. The molecule has 2 aromatic carbocycles. The Morgan fingerprint density at radius 3 is 2.20 bits per heavy atom. The van der Waals surface area contributed by atoms with Gasteiger partial charge in [-0.15, -0.1) is 23.5 Å². The quantitative estimate of drug-likeness (QED) is 0.414. The summed E-state index contributed by atoms with van der Waals surface area (Å²) in [4.78, 5) is 12.6. The largest absolute Gasteiger partial charge is 0.497 e. The topological polar surface area (TPSA) is 35.5 Å². The van der Waals surface area contributed by atoms with E-state index in [0.29, 0.717) is 32.7 Å². The number of thioether (sulfide) groups is 2. The standard InChI is InChI=1S/C18H16Cl2O3S2/c1-22-13-7-4-11(5-8-13)17(21)23-16(18(24-2)25-3)14-10-12(19)6-9-15(14)20/h4-10H,1-3H3. The fourth-order valence-electron chi connectivity index (χ4n) is 2.03. The average Bonchev–Trinajstić information content (AvgIpc) is 2.63. The average molecular weight is 415 g/mol. The molecule has 2 rings (SSSR count). The minimum Gasteiger partial charge on any atom is -0.497 e. The number of benzene rings is 2. The molecule has 0 aliphatic rings. The Morgan fingerprint density at radius 1 is 1.00 bits per heavy atom. The molecule has 0 amide bonds. The van der Waals surface area contributed by atoms with Crippen LogP contribution in [0.3, 0.4) is 0 Å². The second-order valence-electron chi connectivity index (χ2n) is 4.77. The monoisotopic (exact) mass is 414 g/mol. The van der Waals surface area contributed by atoms with Gasteiger partial charge in [-0.2, -0.15) is 0 Å². The van der Waals surface area contributed by atoms with Gasteiger partial charge < -0.3 is 9.47 Å². The van der Waals surface area contributed by atoms with Gasteiger partial charge in [-0.05, 0) is 55.0 Å². The van der Waals surface area contributed by atoms with Crippen LogP contribution in [0.2, 0.25) is 10.0 Å². The van der Waals surface area contributed by atoms with Crippen molar-refractivity contribution in [3.05, 3.63) is 67.9 Å². The zero-order valence-corrected chi connectivity index (χ0v) is 17.0. The van der Waals surface area contributed by atoms with Crippen molar-refractivity contribution in [1.29, 1.82) is 0 Å². The van der Waals surface area contributed by atoms with E-state index in [4.69, 9.17) is 32.7 Å². The first-order chi connectivity index (χ1) is 12.0. The van der Waals surface area contributed by atoms with Crippen LogP contribution < -0.4 is 4.74 Å². The molecule has 0 aromatic heterocycles. The summed E-state index contributed by atoms with van der Waals surface area (Å²) in [5.41, 5.74) is 0.993. The second-order valence-corrected chi connectivity index (χ2v) is 7.50. The van der Waals surface area contributed by atoms with Gasteiger partial charge in [-0.25, -0.2) is 4.79 Å². The van der Waals surface area contributed by atoms with E-state index in [1.54, 1.807) is 49.6 Å². The Kier molecular flexibility index (Phi) is 7.56. The molecule has 132 valence electrons. The van der Waals surface area contributed by atoms with E-state index < -0.39 is 5.97 Å². The van der Waals surface area contributed by atoms with Crippen LogP contribution in [0.15, 0.2) is 46.7 Å². The molecular weight excluding hydrogens is 399 g/mol. The molecule has 0 aliphatic heterocycles. The van der Waals surface area contributed by atoms with Crippen LogP contribution in [0.4, 0.5) is 0 Å². The van der Waals surface area contributed by atoms with E-state index in [-0.39, 0.29) is 0 Å². The highest BCUT2D eigenvalue weighted by atomic mass is 35.5. The molecule has 0 saturated heterocycles. The molecule has 25 heavy (non-hydrogen) atoms. The van der Waals surface area contributed by atoms with Gasteiger partial charge in [-0.3, -0.25) is 0 Å². The third kappa shape index (κ3) is 5.11. The number of hydrogen-bond donors (Lipinski definition) is 0. The number of ether oxygens (including phenoxy) is 2. The molecule has 3 nitrogen and oxygen atoms in total. The van der Waals surface area contributed by atoms with E-state index in [2.05, 4.69) is 0 Å². The Bertz CT molecular complexity index is 783. The van der Waals surface area contributed by atoms with E-state index in [9.17, 15) is 4.79 Å². The fourth-order valence-corrected chi connectivity index (χ4v) is 3.74. The van der Waals surface area contributed by atoms with Crippen molar-refractivity contribution >= 4 is 58.5 Å². The molecule has 0 atom stereocenters. The van der Waals surface area contributed by atoms with Gasteiger partial charge in [0.05, 0.1) is 21.9 Å². The summed E-state index contributed by atoms with van der Waals surface area (Å²) in [6, 6.07) is 11.8. The van der Waals surface area contributed by atoms with Gasteiger partial charge in [0.15, 0.2) is 5.76 Å². The molecule has 7 heteroatoms. The molecule has 2 aromatic rings. The lowest BCUT2D eigenvalue weighted by Gasteiger charge is -2.14. The highest BCUT2D eigenvalue weighted by Gasteiger charge is 2.19. The molecule has 0 spiro atoms. The van der Waals surface area contributed by atoms with Crippen molar-refractivity contribution in [3.8, 4) is 5.75 Å². The van der Waals surface area contributed by atoms with E-state index >= 15 is 0 Å².